The van der Waals surface area contributed by atoms with Gasteiger partial charge in [-0.25, -0.2) is 0 Å². The molecule has 0 aliphatic heterocycles. The standard InChI is InChI=1S/C25H33N5O3/c1-15(2)22(24-29-23(30-33-24)19-4-3-5-26-13-19)28-21(32)14-27-20(31)12-25-9-16-6-17(10-25)8-18(7-16)11-25/h3-5,13,15-18,22H,6-12,14H2,1-2H3,(H,27,31)(H,28,32). The van der Waals surface area contributed by atoms with Crippen LogP contribution in [0, 0.1) is 29.1 Å². The molecule has 2 aromatic rings. The van der Waals surface area contributed by atoms with Crippen LogP contribution in [-0.2, 0) is 9.59 Å². The van der Waals surface area contributed by atoms with Crippen molar-refractivity contribution in [1.82, 2.24) is 25.8 Å². The molecule has 1 atom stereocenters. The highest BCUT2D eigenvalue weighted by Crippen LogP contribution is 2.61. The summed E-state index contributed by atoms with van der Waals surface area (Å²) in [4.78, 5) is 33.9. The van der Waals surface area contributed by atoms with Gasteiger partial charge in [0.05, 0.1) is 6.54 Å². The van der Waals surface area contributed by atoms with E-state index in [0.717, 1.165) is 23.3 Å². The Balaban J connectivity index is 1.15. The third-order valence-corrected chi connectivity index (χ3v) is 7.76. The first-order valence-electron chi connectivity index (χ1n) is 12.2. The normalized spacial score (nSPS) is 28.6. The number of pyridine rings is 1. The molecule has 1 unspecified atom stereocenters. The van der Waals surface area contributed by atoms with Crippen LogP contribution in [-0.4, -0.2) is 33.5 Å². The van der Waals surface area contributed by atoms with E-state index in [4.69, 9.17) is 4.52 Å². The monoisotopic (exact) mass is 451 g/mol. The molecule has 33 heavy (non-hydrogen) atoms. The first-order chi connectivity index (χ1) is 15.9. The SMILES string of the molecule is CC(C)C(NC(=O)CNC(=O)CC12CC3CC(CC(C3)C1)C2)c1nc(-c2cccnc2)no1. The Labute approximate surface area is 194 Å². The van der Waals surface area contributed by atoms with Gasteiger partial charge in [0.2, 0.25) is 23.5 Å². The van der Waals surface area contributed by atoms with E-state index < -0.39 is 6.04 Å². The number of amides is 2. The molecule has 2 heterocycles. The first-order valence-corrected chi connectivity index (χ1v) is 12.2. The molecule has 2 N–H and O–H groups in total. The number of aromatic nitrogens is 3. The second-order valence-electron chi connectivity index (χ2n) is 10.9. The van der Waals surface area contributed by atoms with Crippen molar-refractivity contribution in [3.63, 3.8) is 0 Å². The fraction of sp³-hybridized carbons (Fsp3) is 0.640. The quantitative estimate of drug-likeness (QED) is 0.634. The summed E-state index contributed by atoms with van der Waals surface area (Å²) >= 11 is 0. The number of nitrogens with one attached hydrogen (secondary N) is 2. The molecule has 4 bridgehead atoms. The summed E-state index contributed by atoms with van der Waals surface area (Å²) in [6.45, 7) is 3.91. The molecule has 0 radical (unpaired) electrons. The summed E-state index contributed by atoms with van der Waals surface area (Å²) in [5, 5.41) is 9.83. The van der Waals surface area contributed by atoms with Gasteiger partial charge < -0.3 is 15.2 Å². The van der Waals surface area contributed by atoms with E-state index in [0.29, 0.717) is 18.1 Å². The number of nitrogens with zero attached hydrogens (tertiary/aromatic N) is 3. The van der Waals surface area contributed by atoms with E-state index in [1.807, 2.05) is 19.9 Å². The van der Waals surface area contributed by atoms with Crippen LogP contribution in [0.2, 0.25) is 0 Å². The first kappa shape index (κ1) is 22.0. The van der Waals surface area contributed by atoms with Gasteiger partial charge in [-0.3, -0.25) is 14.6 Å². The predicted molar refractivity (Wildman–Crippen MR) is 121 cm³/mol. The average Bonchev–Trinajstić information content (AvgIpc) is 3.25. The molecule has 4 fully saturated rings. The fourth-order valence-electron chi connectivity index (χ4n) is 6.80. The Hall–Kier alpha value is -2.77. The Morgan fingerprint density at radius 2 is 1.82 bits per heavy atom. The highest BCUT2D eigenvalue weighted by molar-refractivity contribution is 5.85. The van der Waals surface area contributed by atoms with Crippen LogP contribution in [0.1, 0.15) is 70.7 Å². The summed E-state index contributed by atoms with van der Waals surface area (Å²) in [6.07, 6.45) is 11.5. The molecule has 2 amide bonds. The van der Waals surface area contributed by atoms with Gasteiger partial charge in [0, 0.05) is 24.4 Å². The smallest absolute Gasteiger partial charge is 0.249 e. The van der Waals surface area contributed by atoms with Gasteiger partial charge in [0.25, 0.3) is 0 Å². The minimum Gasteiger partial charge on any atom is -0.347 e. The highest BCUT2D eigenvalue weighted by Gasteiger charge is 2.51. The molecule has 176 valence electrons. The van der Waals surface area contributed by atoms with Gasteiger partial charge in [-0.2, -0.15) is 4.98 Å². The molecule has 2 aromatic heterocycles. The minimum absolute atomic E-state index is 0.00940. The van der Waals surface area contributed by atoms with Gasteiger partial charge in [0.1, 0.15) is 6.04 Å². The molecule has 6 rings (SSSR count). The Morgan fingerprint density at radius 1 is 1.12 bits per heavy atom. The molecule has 4 saturated carbocycles. The molecular formula is C25H33N5O3. The van der Waals surface area contributed by atoms with Gasteiger partial charge in [-0.1, -0.05) is 19.0 Å². The summed E-state index contributed by atoms with van der Waals surface area (Å²) in [5.74, 6) is 2.98. The van der Waals surface area contributed by atoms with Crippen LogP contribution in [0.25, 0.3) is 11.4 Å². The molecule has 8 heteroatoms. The maximum absolute atomic E-state index is 12.7. The van der Waals surface area contributed by atoms with Crippen molar-refractivity contribution in [2.75, 3.05) is 6.54 Å². The predicted octanol–water partition coefficient (Wildman–Crippen LogP) is 3.67. The zero-order valence-corrected chi connectivity index (χ0v) is 19.4. The Morgan fingerprint density at radius 3 is 2.42 bits per heavy atom. The lowest BCUT2D eigenvalue weighted by atomic mass is 9.49. The topological polar surface area (TPSA) is 110 Å². The van der Waals surface area contributed by atoms with Gasteiger partial charge in [-0.05, 0) is 79.7 Å². The molecule has 0 aromatic carbocycles. The van der Waals surface area contributed by atoms with E-state index in [1.165, 1.54) is 38.5 Å². The highest BCUT2D eigenvalue weighted by atomic mass is 16.5. The number of carbonyl (C=O) groups is 2. The fourth-order valence-corrected chi connectivity index (χ4v) is 6.80. The third-order valence-electron chi connectivity index (χ3n) is 7.76. The van der Waals surface area contributed by atoms with Crippen molar-refractivity contribution >= 4 is 11.8 Å². The van der Waals surface area contributed by atoms with E-state index in [1.54, 1.807) is 18.5 Å². The molecule has 0 saturated heterocycles. The lowest BCUT2D eigenvalue weighted by Gasteiger charge is -2.56. The third kappa shape index (κ3) is 4.80. The molecule has 8 nitrogen and oxygen atoms in total. The lowest BCUT2D eigenvalue weighted by molar-refractivity contribution is -0.132. The molecule has 4 aliphatic rings. The number of hydrogen-bond acceptors (Lipinski definition) is 6. The maximum Gasteiger partial charge on any atom is 0.249 e. The summed E-state index contributed by atoms with van der Waals surface area (Å²) in [5.41, 5.74) is 0.917. The lowest BCUT2D eigenvalue weighted by Crippen LogP contribution is -2.48. The van der Waals surface area contributed by atoms with Gasteiger partial charge in [-0.15, -0.1) is 0 Å². The van der Waals surface area contributed by atoms with Gasteiger partial charge in [0.15, 0.2) is 0 Å². The Bertz CT molecular complexity index is 967. The largest absolute Gasteiger partial charge is 0.347 e. The number of hydrogen-bond donors (Lipinski definition) is 2. The second kappa shape index (κ2) is 8.88. The number of carbonyl (C=O) groups excluding carboxylic acids is 2. The van der Waals surface area contributed by atoms with Crippen LogP contribution < -0.4 is 10.6 Å². The molecular weight excluding hydrogens is 418 g/mol. The van der Waals surface area contributed by atoms with Crippen molar-refractivity contribution in [3.8, 4) is 11.4 Å². The molecule has 0 spiro atoms. The second-order valence-corrected chi connectivity index (χ2v) is 10.9. The summed E-state index contributed by atoms with van der Waals surface area (Å²) in [6, 6.07) is 3.22. The van der Waals surface area contributed by atoms with E-state index in [2.05, 4.69) is 25.8 Å². The molecule has 4 aliphatic carbocycles. The zero-order valence-electron chi connectivity index (χ0n) is 19.4. The van der Waals surface area contributed by atoms with Crippen molar-refractivity contribution in [2.24, 2.45) is 29.1 Å². The van der Waals surface area contributed by atoms with Crippen LogP contribution in [0.4, 0.5) is 0 Å². The van der Waals surface area contributed by atoms with E-state index >= 15 is 0 Å². The Kier molecular flexibility index (Phi) is 5.93. The average molecular weight is 452 g/mol. The zero-order chi connectivity index (χ0) is 23.0. The van der Waals surface area contributed by atoms with Crippen LogP contribution in [0.5, 0.6) is 0 Å². The van der Waals surface area contributed by atoms with Crippen LogP contribution in [0.15, 0.2) is 29.0 Å². The van der Waals surface area contributed by atoms with Crippen molar-refractivity contribution in [1.29, 1.82) is 0 Å². The van der Waals surface area contributed by atoms with Crippen molar-refractivity contribution in [3.05, 3.63) is 30.4 Å². The van der Waals surface area contributed by atoms with Gasteiger partial charge >= 0.3 is 0 Å². The van der Waals surface area contributed by atoms with E-state index in [-0.39, 0.29) is 29.7 Å². The van der Waals surface area contributed by atoms with Crippen molar-refractivity contribution in [2.45, 2.75) is 64.8 Å². The van der Waals surface area contributed by atoms with Crippen molar-refractivity contribution < 1.29 is 14.1 Å². The van der Waals surface area contributed by atoms with Crippen LogP contribution >= 0.6 is 0 Å². The summed E-state index contributed by atoms with van der Waals surface area (Å²) in [7, 11) is 0. The summed E-state index contributed by atoms with van der Waals surface area (Å²) < 4.78 is 5.44. The van der Waals surface area contributed by atoms with E-state index in [9.17, 15) is 9.59 Å². The van der Waals surface area contributed by atoms with Crippen LogP contribution in [0.3, 0.4) is 0 Å². The number of rotatable bonds is 8. The minimum atomic E-state index is -0.435. The maximum atomic E-state index is 12.7.